The summed E-state index contributed by atoms with van der Waals surface area (Å²) in [6.07, 6.45) is 1.17. The molecular formula is C28H35FN4O6Si. The molecule has 5 rings (SSSR count). The number of nitro benzene ring substituents is 1. The van der Waals surface area contributed by atoms with Gasteiger partial charge in [-0.25, -0.2) is 0 Å². The number of rotatable bonds is 8. The van der Waals surface area contributed by atoms with E-state index in [9.17, 15) is 24.8 Å². The fourth-order valence-corrected chi connectivity index (χ4v) is 9.31. The first kappa shape index (κ1) is 28.3. The smallest absolute Gasteiger partial charge is 0.269 e. The molecule has 0 bridgehead atoms. The van der Waals surface area contributed by atoms with Gasteiger partial charge in [0.1, 0.15) is 0 Å². The van der Waals surface area contributed by atoms with Gasteiger partial charge in [0.25, 0.3) is 11.6 Å². The minimum absolute atomic E-state index is 0.115. The number of carbonyl (C=O) groups excluding carboxylic acids is 2. The molecule has 3 heterocycles. The largest absolute Gasteiger partial charge is 0.396 e. The van der Waals surface area contributed by atoms with Crippen molar-refractivity contribution in [1.82, 2.24) is 5.32 Å². The van der Waals surface area contributed by atoms with Crippen molar-refractivity contribution < 1.29 is 28.5 Å². The second kappa shape index (κ2) is 10.7. The summed E-state index contributed by atoms with van der Waals surface area (Å²) in [5.41, 5.74) is -0.247. The predicted octanol–water partition coefficient (Wildman–Crippen LogP) is 3.99. The van der Waals surface area contributed by atoms with Crippen molar-refractivity contribution in [3.8, 4) is 0 Å². The Labute approximate surface area is 233 Å². The molecule has 12 heteroatoms. The number of amides is 2. The summed E-state index contributed by atoms with van der Waals surface area (Å²) < 4.78 is 22.1. The topological polar surface area (TPSA) is 134 Å². The highest BCUT2D eigenvalue weighted by molar-refractivity contribution is 6.72. The number of benzene rings is 2. The highest BCUT2D eigenvalue weighted by Gasteiger charge is 2.66. The molecule has 2 aromatic rings. The molecule has 2 saturated heterocycles. The van der Waals surface area contributed by atoms with Crippen LogP contribution in [0.4, 0.5) is 21.2 Å². The molecule has 214 valence electrons. The van der Waals surface area contributed by atoms with Gasteiger partial charge in [-0.05, 0) is 62.7 Å². The molecule has 40 heavy (non-hydrogen) atoms. The Hall–Kier alpha value is -3.19. The Morgan fingerprint density at radius 3 is 2.75 bits per heavy atom. The fraction of sp³-hybridized carbons (Fsp3) is 0.500. The highest BCUT2D eigenvalue weighted by atomic mass is 28.4. The van der Waals surface area contributed by atoms with Gasteiger partial charge in [-0.15, -0.1) is 0 Å². The number of nitrogens with one attached hydrogen (secondary N) is 2. The number of nitro groups is 1. The van der Waals surface area contributed by atoms with Crippen LogP contribution in [-0.2, 0) is 26.5 Å². The molecule has 0 radical (unpaired) electrons. The molecule has 1 spiro atoms. The lowest BCUT2D eigenvalue weighted by atomic mass is 9.82. The van der Waals surface area contributed by atoms with Crippen molar-refractivity contribution in [2.45, 2.75) is 69.1 Å². The molecule has 0 aliphatic carbocycles. The third kappa shape index (κ3) is 4.82. The molecule has 2 fully saturated rings. The minimum atomic E-state index is -3.38. The summed E-state index contributed by atoms with van der Waals surface area (Å²) in [7, 11) is -3.38. The van der Waals surface area contributed by atoms with Crippen LogP contribution in [0.3, 0.4) is 0 Å². The molecule has 2 amide bonds. The minimum Gasteiger partial charge on any atom is -0.396 e. The number of aliphatic hydroxyl groups excluding tert-OH is 1. The summed E-state index contributed by atoms with van der Waals surface area (Å²) in [6.45, 7) is 5.59. The molecule has 10 nitrogen and oxygen atoms in total. The maximum absolute atomic E-state index is 15.7. The summed E-state index contributed by atoms with van der Waals surface area (Å²) in [6, 6.07) is 11.2. The molecule has 0 saturated carbocycles. The number of hydrogen-bond donors (Lipinski definition) is 3. The van der Waals surface area contributed by atoms with E-state index in [1.54, 1.807) is 44.3 Å². The van der Waals surface area contributed by atoms with Crippen LogP contribution >= 0.6 is 0 Å². The van der Waals surface area contributed by atoms with Crippen LogP contribution in [0.1, 0.15) is 37.3 Å². The van der Waals surface area contributed by atoms with Crippen LogP contribution in [-0.4, -0.2) is 55.5 Å². The third-order valence-electron chi connectivity index (χ3n) is 8.48. The van der Waals surface area contributed by atoms with Crippen LogP contribution in [0.15, 0.2) is 42.5 Å². The van der Waals surface area contributed by atoms with Crippen LogP contribution in [0.2, 0.25) is 18.6 Å². The van der Waals surface area contributed by atoms with Crippen molar-refractivity contribution in [2.75, 3.05) is 23.4 Å². The quantitative estimate of drug-likeness (QED) is 0.189. The zero-order chi connectivity index (χ0) is 28.8. The van der Waals surface area contributed by atoms with E-state index in [4.69, 9.17) is 4.74 Å². The van der Waals surface area contributed by atoms with Gasteiger partial charge in [0.05, 0.1) is 29.3 Å². The summed E-state index contributed by atoms with van der Waals surface area (Å²) in [5, 5.41) is 27.5. The molecule has 2 aromatic carbocycles. The van der Waals surface area contributed by atoms with E-state index >= 15 is 4.11 Å². The Kier molecular flexibility index (Phi) is 7.55. The van der Waals surface area contributed by atoms with Crippen LogP contribution in [0, 0.1) is 16.0 Å². The Balaban J connectivity index is 1.51. The van der Waals surface area contributed by atoms with Gasteiger partial charge >= 0.3 is 0 Å². The van der Waals surface area contributed by atoms with Crippen molar-refractivity contribution in [3.63, 3.8) is 0 Å². The lowest BCUT2D eigenvalue weighted by Crippen LogP contribution is -2.45. The average molecular weight is 571 g/mol. The van der Waals surface area contributed by atoms with Gasteiger partial charge in [-0.3, -0.25) is 19.7 Å². The number of hydrogen-bond acceptors (Lipinski definition) is 7. The van der Waals surface area contributed by atoms with E-state index < -0.39 is 42.4 Å². The SMILES string of the molecule is C[C@H]1[C@H]([Si](C)(C)F)[C@@H](CCO)O[C@]12C(=O)N(Cc1cccc(NC(=O)[C@H]3CCCN3)c1)c1ccc([N+](=O)[O-])cc12. The van der Waals surface area contributed by atoms with Crippen molar-refractivity contribution >= 4 is 37.3 Å². The number of fused-ring (bicyclic) bond motifs is 2. The molecule has 0 unspecified atom stereocenters. The average Bonchev–Trinajstić information content (AvgIpc) is 3.59. The van der Waals surface area contributed by atoms with E-state index in [1.165, 1.54) is 17.0 Å². The van der Waals surface area contributed by atoms with Crippen LogP contribution < -0.4 is 15.5 Å². The number of halogens is 1. The van der Waals surface area contributed by atoms with Gasteiger partial charge < -0.3 is 29.5 Å². The molecular weight excluding hydrogens is 535 g/mol. The number of nitrogens with zero attached hydrogens (tertiary/aromatic N) is 2. The first-order valence-electron chi connectivity index (χ1n) is 13.7. The molecule has 0 aromatic heterocycles. The van der Waals surface area contributed by atoms with Crippen molar-refractivity contribution in [3.05, 3.63) is 63.7 Å². The van der Waals surface area contributed by atoms with E-state index in [2.05, 4.69) is 10.6 Å². The van der Waals surface area contributed by atoms with Crippen LogP contribution in [0.5, 0.6) is 0 Å². The van der Waals surface area contributed by atoms with Crippen molar-refractivity contribution in [1.29, 1.82) is 0 Å². The van der Waals surface area contributed by atoms with E-state index in [0.717, 1.165) is 24.9 Å². The monoisotopic (exact) mass is 570 g/mol. The number of non-ortho nitro benzene ring substituents is 1. The predicted molar refractivity (Wildman–Crippen MR) is 150 cm³/mol. The lowest BCUT2D eigenvalue weighted by Gasteiger charge is -2.31. The number of aliphatic hydroxyl groups is 1. The molecule has 3 N–H and O–H groups in total. The Morgan fingerprint density at radius 1 is 1.32 bits per heavy atom. The third-order valence-corrected chi connectivity index (χ3v) is 10.9. The summed E-state index contributed by atoms with van der Waals surface area (Å²) in [5.74, 6) is -1.14. The second-order valence-corrected chi connectivity index (χ2v) is 15.3. The maximum atomic E-state index is 15.7. The second-order valence-electron chi connectivity index (χ2n) is 11.5. The number of ether oxygens (including phenoxy) is 1. The maximum Gasteiger partial charge on any atom is 0.269 e. The van der Waals surface area contributed by atoms with E-state index in [-0.39, 0.29) is 37.2 Å². The zero-order valence-electron chi connectivity index (χ0n) is 22.9. The highest BCUT2D eigenvalue weighted by Crippen LogP contribution is 2.60. The lowest BCUT2D eigenvalue weighted by molar-refractivity contribution is -0.385. The van der Waals surface area contributed by atoms with Gasteiger partial charge in [-0.1, -0.05) is 19.1 Å². The first-order valence-corrected chi connectivity index (χ1v) is 16.6. The molecule has 3 aliphatic rings. The Morgan fingerprint density at radius 2 is 2.10 bits per heavy atom. The first-order chi connectivity index (χ1) is 19.0. The fourth-order valence-electron chi connectivity index (χ4n) is 6.77. The zero-order valence-corrected chi connectivity index (χ0v) is 23.9. The van der Waals surface area contributed by atoms with E-state index in [0.29, 0.717) is 16.9 Å². The van der Waals surface area contributed by atoms with Gasteiger partial charge in [0, 0.05) is 41.4 Å². The molecule has 3 aliphatic heterocycles. The molecule has 5 atom stereocenters. The number of anilines is 2. The van der Waals surface area contributed by atoms with Gasteiger partial charge in [0.2, 0.25) is 14.3 Å². The van der Waals surface area contributed by atoms with Crippen molar-refractivity contribution in [2.24, 2.45) is 5.92 Å². The summed E-state index contributed by atoms with van der Waals surface area (Å²) >= 11 is 0. The standard InChI is InChI=1S/C28H35FN4O6Si/c1-17-25(40(2,3)29)24(11-13-34)39-28(17)21-15-20(33(37)38)9-10-23(21)32(27(28)36)16-18-6-4-7-19(14-18)31-26(35)22-8-5-12-30-22/h4,6-7,9-10,14-15,17,22,24-25,30,34H,5,8,11-13,16H2,1-3H3,(H,31,35)/t17-,22+,24+,25-,28+/m0/s1. The summed E-state index contributed by atoms with van der Waals surface area (Å²) in [4.78, 5) is 39.6. The van der Waals surface area contributed by atoms with Crippen LogP contribution in [0.25, 0.3) is 0 Å². The number of carbonyl (C=O) groups is 2. The Bertz CT molecular complexity index is 1330. The normalized spacial score (nSPS) is 27.8. The van der Waals surface area contributed by atoms with Gasteiger partial charge in [-0.2, -0.15) is 0 Å². The van der Waals surface area contributed by atoms with E-state index in [1.807, 2.05) is 6.07 Å². The van der Waals surface area contributed by atoms with Gasteiger partial charge in [0.15, 0.2) is 5.60 Å².